The van der Waals surface area contributed by atoms with E-state index in [9.17, 15) is 0 Å². The molecule has 1 heterocycles. The molecule has 1 aromatic rings. The average molecular weight is 153 g/mol. The van der Waals surface area contributed by atoms with Gasteiger partial charge in [-0.3, -0.25) is 4.68 Å². The van der Waals surface area contributed by atoms with Gasteiger partial charge in [0, 0.05) is 18.8 Å². The van der Waals surface area contributed by atoms with Crippen LogP contribution in [0.4, 0.5) is 0 Å². The van der Waals surface area contributed by atoms with Gasteiger partial charge >= 0.3 is 0 Å². The third kappa shape index (κ3) is 1.80. The first-order valence-corrected chi connectivity index (χ1v) is 3.84. The SMILES string of the molecule is Cc1c(C[C@@H](C)N)cnn1C. The zero-order valence-corrected chi connectivity index (χ0v) is 7.33. The lowest BCUT2D eigenvalue weighted by atomic mass is 10.1. The molecule has 0 aliphatic heterocycles. The van der Waals surface area contributed by atoms with Gasteiger partial charge in [0.25, 0.3) is 0 Å². The normalized spacial score (nSPS) is 13.5. The summed E-state index contributed by atoms with van der Waals surface area (Å²) in [6.45, 7) is 4.07. The van der Waals surface area contributed by atoms with Gasteiger partial charge < -0.3 is 5.73 Å². The zero-order chi connectivity index (χ0) is 8.43. The van der Waals surface area contributed by atoms with Crippen molar-refractivity contribution in [3.05, 3.63) is 17.5 Å². The minimum Gasteiger partial charge on any atom is -0.328 e. The molecule has 1 aromatic heterocycles. The monoisotopic (exact) mass is 153 g/mol. The largest absolute Gasteiger partial charge is 0.328 e. The Balaban J connectivity index is 2.79. The molecule has 0 saturated carbocycles. The molecular weight excluding hydrogens is 138 g/mol. The van der Waals surface area contributed by atoms with E-state index in [2.05, 4.69) is 12.0 Å². The van der Waals surface area contributed by atoms with Gasteiger partial charge in [-0.1, -0.05) is 0 Å². The zero-order valence-electron chi connectivity index (χ0n) is 7.33. The van der Waals surface area contributed by atoms with Crippen molar-refractivity contribution in [2.75, 3.05) is 0 Å². The summed E-state index contributed by atoms with van der Waals surface area (Å²) in [5.74, 6) is 0. The van der Waals surface area contributed by atoms with Gasteiger partial charge in [-0.15, -0.1) is 0 Å². The Bertz CT molecular complexity index is 237. The number of nitrogens with two attached hydrogens (primary N) is 1. The van der Waals surface area contributed by atoms with E-state index >= 15 is 0 Å². The van der Waals surface area contributed by atoms with Crippen LogP contribution in [0.1, 0.15) is 18.2 Å². The predicted molar refractivity (Wildman–Crippen MR) is 45.3 cm³/mol. The molecule has 0 amide bonds. The summed E-state index contributed by atoms with van der Waals surface area (Å²) in [6.07, 6.45) is 2.80. The van der Waals surface area contributed by atoms with E-state index in [1.54, 1.807) is 0 Å². The Morgan fingerprint density at radius 3 is 2.73 bits per heavy atom. The van der Waals surface area contributed by atoms with Crippen molar-refractivity contribution >= 4 is 0 Å². The molecule has 0 bridgehead atoms. The fourth-order valence-corrected chi connectivity index (χ4v) is 1.09. The van der Waals surface area contributed by atoms with Crippen molar-refractivity contribution in [1.29, 1.82) is 0 Å². The van der Waals surface area contributed by atoms with Gasteiger partial charge in [-0.2, -0.15) is 5.10 Å². The van der Waals surface area contributed by atoms with Crippen LogP contribution < -0.4 is 5.73 Å². The van der Waals surface area contributed by atoms with Gasteiger partial charge in [0.1, 0.15) is 0 Å². The van der Waals surface area contributed by atoms with E-state index in [1.165, 1.54) is 11.3 Å². The summed E-state index contributed by atoms with van der Waals surface area (Å²) in [5.41, 5.74) is 8.13. The van der Waals surface area contributed by atoms with E-state index in [4.69, 9.17) is 5.73 Å². The molecule has 1 atom stereocenters. The highest BCUT2D eigenvalue weighted by Crippen LogP contribution is 2.07. The van der Waals surface area contributed by atoms with E-state index in [0.29, 0.717) is 0 Å². The van der Waals surface area contributed by atoms with E-state index in [-0.39, 0.29) is 6.04 Å². The third-order valence-electron chi connectivity index (χ3n) is 1.88. The standard InChI is InChI=1S/C8H15N3/c1-6(9)4-8-5-10-11(3)7(8)2/h5-6H,4,9H2,1-3H3/t6-/m1/s1. The second-order valence-electron chi connectivity index (χ2n) is 3.06. The minimum absolute atomic E-state index is 0.220. The number of rotatable bonds is 2. The van der Waals surface area contributed by atoms with Gasteiger partial charge in [-0.05, 0) is 25.8 Å². The maximum atomic E-state index is 5.67. The van der Waals surface area contributed by atoms with Crippen LogP contribution in [0.5, 0.6) is 0 Å². The summed E-state index contributed by atoms with van der Waals surface area (Å²) < 4.78 is 1.87. The van der Waals surface area contributed by atoms with Crippen molar-refractivity contribution in [3.63, 3.8) is 0 Å². The number of hydrogen-bond acceptors (Lipinski definition) is 2. The predicted octanol–water partition coefficient (Wildman–Crippen LogP) is 0.618. The Labute approximate surface area is 67.2 Å². The highest BCUT2D eigenvalue weighted by atomic mass is 15.3. The first kappa shape index (κ1) is 8.27. The summed E-state index contributed by atoms with van der Waals surface area (Å²) in [7, 11) is 1.94. The Kier molecular flexibility index (Phi) is 2.29. The molecule has 0 aliphatic carbocycles. The Morgan fingerprint density at radius 1 is 1.73 bits per heavy atom. The Morgan fingerprint density at radius 2 is 2.36 bits per heavy atom. The van der Waals surface area contributed by atoms with Crippen molar-refractivity contribution in [1.82, 2.24) is 9.78 Å². The molecule has 0 saturated heterocycles. The van der Waals surface area contributed by atoms with Crippen molar-refractivity contribution in [3.8, 4) is 0 Å². The highest BCUT2D eigenvalue weighted by molar-refractivity contribution is 5.16. The molecule has 2 N–H and O–H groups in total. The summed E-state index contributed by atoms with van der Waals surface area (Å²) in [5, 5.41) is 4.13. The fraction of sp³-hybridized carbons (Fsp3) is 0.625. The molecule has 1 rings (SSSR count). The molecule has 0 spiro atoms. The smallest absolute Gasteiger partial charge is 0.0525 e. The van der Waals surface area contributed by atoms with Gasteiger partial charge in [0.2, 0.25) is 0 Å². The summed E-state index contributed by atoms with van der Waals surface area (Å²) >= 11 is 0. The molecule has 62 valence electrons. The lowest BCUT2D eigenvalue weighted by molar-refractivity contribution is 0.717. The molecule has 0 radical (unpaired) electrons. The first-order chi connectivity index (χ1) is 5.11. The van der Waals surface area contributed by atoms with Gasteiger partial charge in [0.05, 0.1) is 6.20 Å². The average Bonchev–Trinajstić information content (AvgIpc) is 2.18. The minimum atomic E-state index is 0.220. The molecule has 3 nitrogen and oxygen atoms in total. The molecule has 3 heteroatoms. The molecule has 0 aromatic carbocycles. The highest BCUT2D eigenvalue weighted by Gasteiger charge is 2.04. The van der Waals surface area contributed by atoms with Crippen LogP contribution in [0.3, 0.4) is 0 Å². The van der Waals surface area contributed by atoms with Crippen LogP contribution in [0.25, 0.3) is 0 Å². The first-order valence-electron chi connectivity index (χ1n) is 3.84. The molecule has 0 fully saturated rings. The molecule has 11 heavy (non-hydrogen) atoms. The van der Waals surface area contributed by atoms with Gasteiger partial charge in [-0.25, -0.2) is 0 Å². The van der Waals surface area contributed by atoms with Crippen molar-refractivity contribution in [2.24, 2.45) is 12.8 Å². The van der Waals surface area contributed by atoms with Crippen LogP contribution in [-0.2, 0) is 13.5 Å². The second kappa shape index (κ2) is 3.05. The maximum absolute atomic E-state index is 5.67. The lowest BCUT2D eigenvalue weighted by Gasteiger charge is -2.03. The fourth-order valence-electron chi connectivity index (χ4n) is 1.09. The second-order valence-corrected chi connectivity index (χ2v) is 3.06. The number of aromatic nitrogens is 2. The Hall–Kier alpha value is -0.830. The molecule has 0 unspecified atom stereocenters. The van der Waals surface area contributed by atoms with E-state index in [1.807, 2.05) is 24.9 Å². The lowest BCUT2D eigenvalue weighted by Crippen LogP contribution is -2.18. The summed E-state index contributed by atoms with van der Waals surface area (Å²) in [4.78, 5) is 0. The topological polar surface area (TPSA) is 43.8 Å². The van der Waals surface area contributed by atoms with E-state index < -0.39 is 0 Å². The van der Waals surface area contributed by atoms with Crippen LogP contribution >= 0.6 is 0 Å². The maximum Gasteiger partial charge on any atom is 0.0525 e. The number of nitrogens with zero attached hydrogens (tertiary/aromatic N) is 2. The number of aryl methyl sites for hydroxylation is 1. The van der Waals surface area contributed by atoms with E-state index in [0.717, 1.165) is 6.42 Å². The van der Waals surface area contributed by atoms with Crippen molar-refractivity contribution < 1.29 is 0 Å². The van der Waals surface area contributed by atoms with Crippen LogP contribution in [0.15, 0.2) is 6.20 Å². The number of hydrogen-bond donors (Lipinski definition) is 1. The molecular formula is C8H15N3. The van der Waals surface area contributed by atoms with Crippen LogP contribution in [0.2, 0.25) is 0 Å². The van der Waals surface area contributed by atoms with Gasteiger partial charge in [0.15, 0.2) is 0 Å². The third-order valence-corrected chi connectivity index (χ3v) is 1.88. The quantitative estimate of drug-likeness (QED) is 0.676. The molecule has 0 aliphatic rings. The van der Waals surface area contributed by atoms with Crippen molar-refractivity contribution in [2.45, 2.75) is 26.3 Å². The van der Waals surface area contributed by atoms with Crippen LogP contribution in [-0.4, -0.2) is 15.8 Å². The van der Waals surface area contributed by atoms with Crippen LogP contribution in [0, 0.1) is 6.92 Å². The summed E-state index contributed by atoms with van der Waals surface area (Å²) in [6, 6.07) is 0.220.